The molecule has 124 valence electrons. The van der Waals surface area contributed by atoms with Gasteiger partial charge in [0.15, 0.2) is 0 Å². The van der Waals surface area contributed by atoms with Gasteiger partial charge in [-0.25, -0.2) is 4.98 Å². The molecule has 0 saturated heterocycles. The number of imidazole rings is 1. The topological polar surface area (TPSA) is 69.0 Å². The van der Waals surface area contributed by atoms with Gasteiger partial charge in [-0.15, -0.1) is 0 Å². The van der Waals surface area contributed by atoms with Crippen LogP contribution in [0.25, 0.3) is 0 Å². The van der Waals surface area contributed by atoms with Gasteiger partial charge >= 0.3 is 0 Å². The highest BCUT2D eigenvalue weighted by atomic mass is 16.5. The smallest absolute Gasteiger partial charge is 0.242 e. The van der Waals surface area contributed by atoms with Crippen LogP contribution in [0.15, 0.2) is 36.9 Å². The number of amides is 1. The molecule has 0 fully saturated rings. The molecule has 0 aromatic carbocycles. The molecule has 1 amide bonds. The van der Waals surface area contributed by atoms with Crippen LogP contribution in [0.3, 0.4) is 0 Å². The van der Waals surface area contributed by atoms with Gasteiger partial charge in [-0.05, 0) is 25.5 Å². The molecule has 6 nitrogen and oxygen atoms in total. The summed E-state index contributed by atoms with van der Waals surface area (Å²) in [6, 6.07) is 3.42. The number of nitrogens with zero attached hydrogens (tertiary/aromatic N) is 3. The summed E-state index contributed by atoms with van der Waals surface area (Å²) < 4.78 is 7.46. The van der Waals surface area contributed by atoms with Gasteiger partial charge < -0.3 is 14.6 Å². The number of pyridine rings is 1. The first kappa shape index (κ1) is 17.0. The van der Waals surface area contributed by atoms with Crippen LogP contribution in [0, 0.1) is 0 Å². The van der Waals surface area contributed by atoms with Crippen LogP contribution in [0.4, 0.5) is 0 Å². The fourth-order valence-corrected chi connectivity index (χ4v) is 2.28. The molecule has 6 heteroatoms. The maximum Gasteiger partial charge on any atom is 0.242 e. The molecular weight excluding hydrogens is 292 g/mol. The van der Waals surface area contributed by atoms with Gasteiger partial charge in [-0.2, -0.15) is 0 Å². The van der Waals surface area contributed by atoms with Crippen molar-refractivity contribution in [1.29, 1.82) is 0 Å². The van der Waals surface area contributed by atoms with E-state index in [9.17, 15) is 4.79 Å². The summed E-state index contributed by atoms with van der Waals surface area (Å²) in [6.07, 6.45) is 7.71. The Morgan fingerprint density at radius 3 is 2.87 bits per heavy atom. The number of rotatable bonds is 8. The van der Waals surface area contributed by atoms with Crippen LogP contribution in [0.1, 0.15) is 45.0 Å². The minimum atomic E-state index is -0.269. The lowest BCUT2D eigenvalue weighted by Gasteiger charge is -2.17. The molecule has 2 aromatic heterocycles. The highest BCUT2D eigenvalue weighted by Crippen LogP contribution is 2.17. The lowest BCUT2D eigenvalue weighted by molar-refractivity contribution is -0.123. The number of hydrogen-bond acceptors (Lipinski definition) is 4. The SMILES string of the molecule is CC(C)c1nccn1[C@H](C)C(=O)NCCCOc1cccnc1. The van der Waals surface area contributed by atoms with Gasteiger partial charge in [0.25, 0.3) is 0 Å². The van der Waals surface area contributed by atoms with Crippen LogP contribution in [0.5, 0.6) is 5.75 Å². The van der Waals surface area contributed by atoms with Crippen molar-refractivity contribution in [1.82, 2.24) is 19.9 Å². The third-order valence-electron chi connectivity index (χ3n) is 3.54. The van der Waals surface area contributed by atoms with E-state index in [2.05, 4.69) is 29.1 Å². The van der Waals surface area contributed by atoms with E-state index >= 15 is 0 Å². The molecule has 0 radical (unpaired) electrons. The van der Waals surface area contributed by atoms with Crippen molar-refractivity contribution in [2.75, 3.05) is 13.2 Å². The molecule has 0 aliphatic carbocycles. The predicted octanol–water partition coefficient (Wildman–Crippen LogP) is 2.55. The zero-order chi connectivity index (χ0) is 16.7. The Kier molecular flexibility index (Phi) is 6.14. The standard InChI is InChI=1S/C17H24N4O2/c1-13(2)16-19-9-10-21(16)14(3)17(22)20-8-5-11-23-15-6-4-7-18-12-15/h4,6-7,9-10,12-14H,5,8,11H2,1-3H3,(H,20,22)/t14-/m1/s1. The lowest BCUT2D eigenvalue weighted by Crippen LogP contribution is -2.32. The maximum atomic E-state index is 12.2. The minimum Gasteiger partial charge on any atom is -0.492 e. The first-order valence-corrected chi connectivity index (χ1v) is 7.93. The monoisotopic (exact) mass is 316 g/mol. The van der Waals surface area contributed by atoms with Crippen LogP contribution in [-0.2, 0) is 4.79 Å². The largest absolute Gasteiger partial charge is 0.492 e. The summed E-state index contributed by atoms with van der Waals surface area (Å²) in [5.74, 6) is 1.94. The fourth-order valence-electron chi connectivity index (χ4n) is 2.28. The predicted molar refractivity (Wildman–Crippen MR) is 88.4 cm³/mol. The summed E-state index contributed by atoms with van der Waals surface area (Å²) in [5, 5.41) is 2.94. The van der Waals surface area contributed by atoms with Gasteiger partial charge in [0.1, 0.15) is 17.6 Å². The molecule has 0 saturated carbocycles. The van der Waals surface area contributed by atoms with E-state index < -0.39 is 0 Å². The van der Waals surface area contributed by atoms with Crippen molar-refractivity contribution in [2.24, 2.45) is 0 Å². The number of nitrogens with one attached hydrogen (secondary N) is 1. The van der Waals surface area contributed by atoms with Gasteiger partial charge in [0, 0.05) is 31.1 Å². The molecule has 0 bridgehead atoms. The molecule has 23 heavy (non-hydrogen) atoms. The van der Waals surface area contributed by atoms with Crippen LogP contribution in [0.2, 0.25) is 0 Å². The normalized spacial score (nSPS) is 12.2. The molecule has 2 rings (SSSR count). The summed E-state index contributed by atoms with van der Waals surface area (Å²) in [5.41, 5.74) is 0. The van der Waals surface area contributed by atoms with E-state index in [-0.39, 0.29) is 17.9 Å². The van der Waals surface area contributed by atoms with E-state index in [0.29, 0.717) is 13.2 Å². The Balaban J connectivity index is 1.73. The minimum absolute atomic E-state index is 0.00808. The van der Waals surface area contributed by atoms with Crippen molar-refractivity contribution >= 4 is 5.91 Å². The van der Waals surface area contributed by atoms with Crippen molar-refractivity contribution in [3.8, 4) is 5.75 Å². The quantitative estimate of drug-likeness (QED) is 0.760. The third kappa shape index (κ3) is 4.81. The number of aromatic nitrogens is 3. The summed E-state index contributed by atoms with van der Waals surface area (Å²) in [6.45, 7) is 7.14. The van der Waals surface area contributed by atoms with E-state index in [1.54, 1.807) is 18.6 Å². The van der Waals surface area contributed by atoms with E-state index in [1.165, 1.54) is 0 Å². The molecule has 0 aliphatic heterocycles. The van der Waals surface area contributed by atoms with Crippen molar-refractivity contribution < 1.29 is 9.53 Å². The van der Waals surface area contributed by atoms with E-state index in [4.69, 9.17) is 4.74 Å². The van der Waals surface area contributed by atoms with Gasteiger partial charge in [0.05, 0.1) is 12.8 Å². The van der Waals surface area contributed by atoms with E-state index in [1.807, 2.05) is 29.8 Å². The highest BCUT2D eigenvalue weighted by molar-refractivity contribution is 5.79. The Labute approximate surface area is 136 Å². The second kappa shape index (κ2) is 8.31. The maximum absolute atomic E-state index is 12.2. The molecule has 0 aliphatic rings. The van der Waals surface area contributed by atoms with Crippen molar-refractivity contribution in [2.45, 2.75) is 39.2 Å². The molecule has 0 spiro atoms. The molecular formula is C17H24N4O2. The first-order chi connectivity index (χ1) is 11.1. The Hall–Kier alpha value is -2.37. The van der Waals surface area contributed by atoms with Crippen LogP contribution in [-0.4, -0.2) is 33.6 Å². The summed E-state index contributed by atoms with van der Waals surface area (Å²) in [7, 11) is 0. The lowest BCUT2D eigenvalue weighted by atomic mass is 10.2. The molecule has 0 unspecified atom stereocenters. The van der Waals surface area contributed by atoms with Crippen LogP contribution < -0.4 is 10.1 Å². The van der Waals surface area contributed by atoms with Crippen molar-refractivity contribution in [3.05, 3.63) is 42.7 Å². The van der Waals surface area contributed by atoms with Gasteiger partial charge in [0.2, 0.25) is 5.91 Å². The zero-order valence-electron chi connectivity index (χ0n) is 13.9. The summed E-state index contributed by atoms with van der Waals surface area (Å²) >= 11 is 0. The Morgan fingerprint density at radius 1 is 1.35 bits per heavy atom. The Morgan fingerprint density at radius 2 is 2.17 bits per heavy atom. The second-order valence-corrected chi connectivity index (χ2v) is 5.71. The number of ether oxygens (including phenoxy) is 1. The average Bonchev–Trinajstić information content (AvgIpc) is 3.04. The molecule has 2 aromatic rings. The van der Waals surface area contributed by atoms with Gasteiger partial charge in [-0.1, -0.05) is 13.8 Å². The zero-order valence-corrected chi connectivity index (χ0v) is 13.9. The fraction of sp³-hybridized carbons (Fsp3) is 0.471. The highest BCUT2D eigenvalue weighted by Gasteiger charge is 2.18. The Bertz CT molecular complexity index is 610. The van der Waals surface area contributed by atoms with E-state index in [0.717, 1.165) is 18.0 Å². The van der Waals surface area contributed by atoms with Crippen molar-refractivity contribution in [3.63, 3.8) is 0 Å². The number of hydrogen-bond donors (Lipinski definition) is 1. The number of carbonyl (C=O) groups is 1. The average molecular weight is 316 g/mol. The third-order valence-corrected chi connectivity index (χ3v) is 3.54. The van der Waals surface area contributed by atoms with Gasteiger partial charge in [-0.3, -0.25) is 9.78 Å². The first-order valence-electron chi connectivity index (χ1n) is 7.93. The molecule has 1 N–H and O–H groups in total. The second-order valence-electron chi connectivity index (χ2n) is 5.71. The van der Waals surface area contributed by atoms with Crippen LogP contribution >= 0.6 is 0 Å². The molecule has 1 atom stereocenters. The number of carbonyl (C=O) groups excluding carboxylic acids is 1. The molecule has 2 heterocycles. The summed E-state index contributed by atoms with van der Waals surface area (Å²) in [4.78, 5) is 20.5.